The maximum absolute atomic E-state index is 12.7. The third-order valence-corrected chi connectivity index (χ3v) is 5.36. The number of amides is 1. The molecule has 0 saturated carbocycles. The third kappa shape index (κ3) is 3.93. The lowest BCUT2D eigenvalue weighted by atomic mass is 10.1. The van der Waals surface area contributed by atoms with E-state index in [4.69, 9.17) is 16.2 Å². The van der Waals surface area contributed by atoms with E-state index in [1.165, 1.54) is 0 Å². The molecule has 0 aliphatic carbocycles. The first-order chi connectivity index (χ1) is 13.6. The van der Waals surface area contributed by atoms with Gasteiger partial charge in [-0.3, -0.25) is 4.79 Å². The fraction of sp³-hybridized carbons (Fsp3) is 0.450. The van der Waals surface area contributed by atoms with E-state index >= 15 is 0 Å². The summed E-state index contributed by atoms with van der Waals surface area (Å²) in [5.41, 5.74) is 14.1. The van der Waals surface area contributed by atoms with Gasteiger partial charge in [0.2, 0.25) is 5.95 Å². The summed E-state index contributed by atoms with van der Waals surface area (Å²) < 4.78 is 5.39. The number of ether oxygens (including phenoxy) is 1. The van der Waals surface area contributed by atoms with E-state index < -0.39 is 0 Å². The summed E-state index contributed by atoms with van der Waals surface area (Å²) in [5.74, 6) is 1.50. The molecule has 28 heavy (non-hydrogen) atoms. The Balaban J connectivity index is 1.52. The van der Waals surface area contributed by atoms with E-state index in [-0.39, 0.29) is 5.91 Å². The van der Waals surface area contributed by atoms with E-state index in [0.717, 1.165) is 43.9 Å². The molecule has 3 heterocycles. The average Bonchev–Trinajstić information content (AvgIpc) is 3.23. The second-order valence-corrected chi connectivity index (χ2v) is 7.30. The molecule has 0 spiro atoms. The normalized spacial score (nSPS) is 19.8. The maximum Gasteiger partial charge on any atom is 0.253 e. The summed E-state index contributed by atoms with van der Waals surface area (Å²) in [6, 6.07) is 9.27. The van der Waals surface area contributed by atoms with Crippen molar-refractivity contribution in [2.45, 2.75) is 6.42 Å². The predicted molar refractivity (Wildman–Crippen MR) is 108 cm³/mol. The molecule has 4 N–H and O–H groups in total. The summed E-state index contributed by atoms with van der Waals surface area (Å²) in [5, 5.41) is 0. The van der Waals surface area contributed by atoms with Crippen LogP contribution in [-0.4, -0.2) is 66.7 Å². The molecule has 2 aromatic rings. The molecule has 0 radical (unpaired) electrons. The van der Waals surface area contributed by atoms with E-state index in [0.29, 0.717) is 43.0 Å². The van der Waals surface area contributed by atoms with Gasteiger partial charge in [0, 0.05) is 43.4 Å². The number of nitrogens with zero attached hydrogens (tertiary/aromatic N) is 4. The molecule has 1 aromatic heterocycles. The SMILES string of the molecule is NCC1CCN(C(=O)c2ccc(-c3cc(N)nc(N4CCOCC4)n3)cc2)C1. The van der Waals surface area contributed by atoms with Crippen LogP contribution in [0.15, 0.2) is 30.3 Å². The van der Waals surface area contributed by atoms with Crippen molar-refractivity contribution >= 4 is 17.7 Å². The molecule has 4 rings (SSSR count). The Hall–Kier alpha value is -2.71. The molecule has 1 aromatic carbocycles. The number of rotatable bonds is 4. The van der Waals surface area contributed by atoms with Crippen LogP contribution < -0.4 is 16.4 Å². The molecule has 1 atom stereocenters. The zero-order chi connectivity index (χ0) is 19.5. The Morgan fingerprint density at radius 2 is 1.89 bits per heavy atom. The van der Waals surface area contributed by atoms with Gasteiger partial charge in [-0.1, -0.05) is 12.1 Å². The summed E-state index contributed by atoms with van der Waals surface area (Å²) >= 11 is 0. The van der Waals surface area contributed by atoms with Crippen molar-refractivity contribution in [3.63, 3.8) is 0 Å². The lowest BCUT2D eigenvalue weighted by Gasteiger charge is -2.27. The third-order valence-electron chi connectivity index (χ3n) is 5.36. The molecule has 8 heteroatoms. The van der Waals surface area contributed by atoms with Crippen LogP contribution in [0.25, 0.3) is 11.3 Å². The first-order valence-electron chi connectivity index (χ1n) is 9.71. The Morgan fingerprint density at radius 3 is 2.57 bits per heavy atom. The fourth-order valence-corrected chi connectivity index (χ4v) is 3.68. The lowest BCUT2D eigenvalue weighted by molar-refractivity contribution is 0.0787. The van der Waals surface area contributed by atoms with E-state index in [1.807, 2.05) is 29.2 Å². The van der Waals surface area contributed by atoms with Crippen LogP contribution in [0.4, 0.5) is 11.8 Å². The van der Waals surface area contributed by atoms with E-state index in [2.05, 4.69) is 14.9 Å². The largest absolute Gasteiger partial charge is 0.384 e. The highest BCUT2D eigenvalue weighted by molar-refractivity contribution is 5.94. The first kappa shape index (κ1) is 18.6. The number of anilines is 2. The second kappa shape index (κ2) is 8.12. The summed E-state index contributed by atoms with van der Waals surface area (Å²) in [4.78, 5) is 25.7. The Bertz CT molecular complexity index is 835. The van der Waals surface area contributed by atoms with Crippen LogP contribution >= 0.6 is 0 Å². The maximum atomic E-state index is 12.7. The van der Waals surface area contributed by atoms with E-state index in [9.17, 15) is 4.79 Å². The number of carbonyl (C=O) groups excluding carboxylic acids is 1. The lowest BCUT2D eigenvalue weighted by Crippen LogP contribution is -2.37. The molecule has 148 valence electrons. The predicted octanol–water partition coefficient (Wildman–Crippen LogP) is 0.983. The van der Waals surface area contributed by atoms with Crippen LogP contribution in [0.2, 0.25) is 0 Å². The number of likely N-dealkylation sites (tertiary alicyclic amines) is 1. The van der Waals surface area contributed by atoms with Crippen molar-refractivity contribution < 1.29 is 9.53 Å². The van der Waals surface area contributed by atoms with Gasteiger partial charge in [0.1, 0.15) is 5.82 Å². The number of morpholine rings is 1. The highest BCUT2D eigenvalue weighted by atomic mass is 16.5. The quantitative estimate of drug-likeness (QED) is 0.811. The number of carbonyl (C=O) groups is 1. The summed E-state index contributed by atoms with van der Waals surface area (Å²) in [6.45, 7) is 4.95. The molecule has 2 aliphatic rings. The molecule has 2 aliphatic heterocycles. The minimum Gasteiger partial charge on any atom is -0.384 e. The molecule has 2 fully saturated rings. The highest BCUT2D eigenvalue weighted by Crippen LogP contribution is 2.24. The van der Waals surface area contributed by atoms with E-state index in [1.54, 1.807) is 6.07 Å². The van der Waals surface area contributed by atoms with Crippen LogP contribution in [0.5, 0.6) is 0 Å². The molecular weight excluding hydrogens is 356 g/mol. The van der Waals surface area contributed by atoms with Crippen LogP contribution in [-0.2, 0) is 4.74 Å². The number of aromatic nitrogens is 2. The van der Waals surface area contributed by atoms with Crippen LogP contribution in [0.1, 0.15) is 16.8 Å². The van der Waals surface area contributed by atoms with Crippen LogP contribution in [0, 0.1) is 5.92 Å². The average molecular weight is 382 g/mol. The molecule has 2 saturated heterocycles. The number of hydrogen-bond donors (Lipinski definition) is 2. The first-order valence-corrected chi connectivity index (χ1v) is 9.71. The zero-order valence-electron chi connectivity index (χ0n) is 15.9. The fourth-order valence-electron chi connectivity index (χ4n) is 3.68. The molecule has 8 nitrogen and oxygen atoms in total. The van der Waals surface area contributed by atoms with Gasteiger partial charge in [0.15, 0.2) is 0 Å². The minimum absolute atomic E-state index is 0.0544. The summed E-state index contributed by atoms with van der Waals surface area (Å²) in [7, 11) is 0. The smallest absolute Gasteiger partial charge is 0.253 e. The zero-order valence-corrected chi connectivity index (χ0v) is 15.9. The molecule has 1 amide bonds. The van der Waals surface area contributed by atoms with Gasteiger partial charge in [-0.05, 0) is 31.0 Å². The van der Waals surface area contributed by atoms with Gasteiger partial charge >= 0.3 is 0 Å². The van der Waals surface area contributed by atoms with Crippen molar-refractivity contribution in [3.05, 3.63) is 35.9 Å². The number of benzene rings is 1. The monoisotopic (exact) mass is 382 g/mol. The van der Waals surface area contributed by atoms with Crippen LogP contribution in [0.3, 0.4) is 0 Å². The van der Waals surface area contributed by atoms with Crippen molar-refractivity contribution in [3.8, 4) is 11.3 Å². The van der Waals surface area contributed by atoms with Gasteiger partial charge in [-0.25, -0.2) is 4.98 Å². The van der Waals surface area contributed by atoms with Crippen molar-refractivity contribution in [1.82, 2.24) is 14.9 Å². The number of nitrogen functional groups attached to an aromatic ring is 1. The number of nitrogens with two attached hydrogens (primary N) is 2. The number of hydrogen-bond acceptors (Lipinski definition) is 7. The molecule has 1 unspecified atom stereocenters. The molecular formula is C20H26N6O2. The van der Waals surface area contributed by atoms with Crippen molar-refractivity contribution in [2.24, 2.45) is 11.7 Å². The van der Waals surface area contributed by atoms with Gasteiger partial charge in [-0.15, -0.1) is 0 Å². The topological polar surface area (TPSA) is 111 Å². The Morgan fingerprint density at radius 1 is 1.14 bits per heavy atom. The Labute approximate surface area is 164 Å². The Kier molecular flexibility index (Phi) is 5.40. The van der Waals surface area contributed by atoms with Crippen molar-refractivity contribution in [2.75, 3.05) is 56.6 Å². The van der Waals surface area contributed by atoms with Gasteiger partial charge in [-0.2, -0.15) is 4.98 Å². The van der Waals surface area contributed by atoms with Gasteiger partial charge < -0.3 is 26.0 Å². The highest BCUT2D eigenvalue weighted by Gasteiger charge is 2.26. The van der Waals surface area contributed by atoms with Gasteiger partial charge in [0.25, 0.3) is 5.91 Å². The standard InChI is InChI=1S/C20H26N6O2/c21-12-14-5-6-26(13-14)19(27)16-3-1-15(2-4-16)17-11-18(22)24-20(23-17)25-7-9-28-10-8-25/h1-4,11,14H,5-10,12-13,21H2,(H2,22,23,24). The van der Waals surface area contributed by atoms with Crippen molar-refractivity contribution in [1.29, 1.82) is 0 Å². The van der Waals surface area contributed by atoms with Gasteiger partial charge in [0.05, 0.1) is 18.9 Å². The molecule has 0 bridgehead atoms. The summed E-state index contributed by atoms with van der Waals surface area (Å²) in [6.07, 6.45) is 0.977. The second-order valence-electron chi connectivity index (χ2n) is 7.30. The minimum atomic E-state index is 0.0544.